The van der Waals surface area contributed by atoms with Gasteiger partial charge in [-0.2, -0.15) is 0 Å². The highest BCUT2D eigenvalue weighted by Crippen LogP contribution is 2.29. The highest BCUT2D eigenvalue weighted by atomic mass is 16.2. The fourth-order valence-electron chi connectivity index (χ4n) is 3.31. The van der Waals surface area contributed by atoms with E-state index in [-0.39, 0.29) is 18.2 Å². The van der Waals surface area contributed by atoms with Gasteiger partial charge in [-0.05, 0) is 54.6 Å². The van der Waals surface area contributed by atoms with Gasteiger partial charge in [-0.1, -0.05) is 18.2 Å². The number of H-pyrrole nitrogens is 1. The highest BCUT2D eigenvalue weighted by Gasteiger charge is 2.40. The lowest BCUT2D eigenvalue weighted by Gasteiger charge is -2.19. The van der Waals surface area contributed by atoms with E-state index in [0.717, 1.165) is 27.7 Å². The number of hydrogen-bond acceptors (Lipinski definition) is 3. The van der Waals surface area contributed by atoms with Gasteiger partial charge in [0.1, 0.15) is 6.04 Å². The molecule has 1 aromatic heterocycles. The van der Waals surface area contributed by atoms with Crippen LogP contribution in [0.5, 0.6) is 0 Å². The number of benzene rings is 2. The summed E-state index contributed by atoms with van der Waals surface area (Å²) in [6.45, 7) is 3.91. The third kappa shape index (κ3) is 2.58. The molecular weight excluding hydrogens is 314 g/mol. The van der Waals surface area contributed by atoms with Crippen molar-refractivity contribution in [2.75, 3.05) is 10.2 Å². The highest BCUT2D eigenvalue weighted by molar-refractivity contribution is 6.23. The topological polar surface area (TPSA) is 65.2 Å². The van der Waals surface area contributed by atoms with E-state index in [1.807, 2.05) is 62.5 Å². The summed E-state index contributed by atoms with van der Waals surface area (Å²) >= 11 is 0. The Balaban J connectivity index is 1.61. The number of aryl methyl sites for hydroxylation is 1. The zero-order chi connectivity index (χ0) is 17.6. The van der Waals surface area contributed by atoms with E-state index in [4.69, 9.17) is 0 Å². The summed E-state index contributed by atoms with van der Waals surface area (Å²) in [7, 11) is 0. The Kier molecular flexibility index (Phi) is 3.57. The fourth-order valence-corrected chi connectivity index (χ4v) is 3.31. The average molecular weight is 333 g/mol. The Morgan fingerprint density at radius 1 is 1.12 bits per heavy atom. The van der Waals surface area contributed by atoms with Gasteiger partial charge in [-0.15, -0.1) is 0 Å². The summed E-state index contributed by atoms with van der Waals surface area (Å²) in [5, 5.41) is 4.31. The Morgan fingerprint density at radius 3 is 2.80 bits per heavy atom. The molecule has 1 unspecified atom stereocenters. The van der Waals surface area contributed by atoms with Gasteiger partial charge in [-0.25, -0.2) is 4.90 Å². The number of nitrogens with zero attached hydrogens (tertiary/aromatic N) is 1. The minimum absolute atomic E-state index is 0.162. The molecule has 5 heteroatoms. The van der Waals surface area contributed by atoms with E-state index >= 15 is 0 Å². The Labute approximate surface area is 145 Å². The Hall–Kier alpha value is -3.08. The molecule has 0 saturated carbocycles. The molecule has 2 heterocycles. The molecule has 0 bridgehead atoms. The van der Waals surface area contributed by atoms with E-state index in [1.165, 1.54) is 4.90 Å². The first kappa shape index (κ1) is 15.4. The summed E-state index contributed by atoms with van der Waals surface area (Å²) in [5.74, 6) is -0.373. The summed E-state index contributed by atoms with van der Waals surface area (Å²) in [6, 6.07) is 13.0. The molecule has 4 rings (SSSR count). The maximum absolute atomic E-state index is 12.8. The summed E-state index contributed by atoms with van der Waals surface area (Å²) in [5.41, 5.74) is 4.51. The second-order valence-electron chi connectivity index (χ2n) is 6.47. The first-order valence-corrected chi connectivity index (χ1v) is 8.31. The van der Waals surface area contributed by atoms with E-state index in [2.05, 4.69) is 10.3 Å². The molecule has 2 amide bonds. The molecule has 126 valence electrons. The summed E-state index contributed by atoms with van der Waals surface area (Å²) < 4.78 is 0. The zero-order valence-corrected chi connectivity index (χ0v) is 14.2. The van der Waals surface area contributed by atoms with Crippen LogP contribution < -0.4 is 10.2 Å². The zero-order valence-electron chi connectivity index (χ0n) is 14.2. The molecule has 0 radical (unpaired) electrons. The van der Waals surface area contributed by atoms with E-state index < -0.39 is 6.04 Å². The van der Waals surface area contributed by atoms with E-state index in [0.29, 0.717) is 5.69 Å². The van der Waals surface area contributed by atoms with Crippen LogP contribution in [0.15, 0.2) is 48.7 Å². The van der Waals surface area contributed by atoms with Crippen molar-refractivity contribution in [1.82, 2.24) is 4.98 Å². The standard InChI is InChI=1S/C20H19N3O2/c1-12-4-3-5-18(13(12)2)23-19(24)11-17(20(23)25)22-15-7-6-14-8-9-21-16(14)10-15/h3-10,17,21-22H,11H2,1-2H3. The van der Waals surface area contributed by atoms with Gasteiger partial charge in [0.25, 0.3) is 5.91 Å². The quantitative estimate of drug-likeness (QED) is 0.721. The van der Waals surface area contributed by atoms with Crippen molar-refractivity contribution in [1.29, 1.82) is 0 Å². The number of fused-ring (bicyclic) bond motifs is 1. The number of anilines is 2. The molecule has 1 aliphatic heterocycles. The van der Waals surface area contributed by atoms with Crippen LogP contribution in [0.3, 0.4) is 0 Å². The van der Waals surface area contributed by atoms with Gasteiger partial charge in [0.15, 0.2) is 0 Å². The lowest BCUT2D eigenvalue weighted by atomic mass is 10.1. The molecule has 5 nitrogen and oxygen atoms in total. The molecule has 1 aliphatic rings. The predicted octanol–water partition coefficient (Wildman–Crippen LogP) is 3.53. The molecule has 0 spiro atoms. The number of nitrogens with one attached hydrogen (secondary N) is 2. The van der Waals surface area contributed by atoms with Gasteiger partial charge in [0.2, 0.25) is 5.91 Å². The van der Waals surface area contributed by atoms with Crippen molar-refractivity contribution in [3.8, 4) is 0 Å². The van der Waals surface area contributed by atoms with Crippen LogP contribution in [0.2, 0.25) is 0 Å². The third-order valence-corrected chi connectivity index (χ3v) is 4.86. The van der Waals surface area contributed by atoms with Crippen molar-refractivity contribution < 1.29 is 9.59 Å². The number of aromatic nitrogens is 1. The first-order valence-electron chi connectivity index (χ1n) is 8.31. The van der Waals surface area contributed by atoms with Crippen molar-refractivity contribution in [2.24, 2.45) is 0 Å². The molecule has 0 aliphatic carbocycles. The molecule has 3 aromatic rings. The second-order valence-corrected chi connectivity index (χ2v) is 6.47. The SMILES string of the molecule is Cc1cccc(N2C(=O)CC(Nc3ccc4cc[nH]c4c3)C2=O)c1C. The van der Waals surface area contributed by atoms with Crippen molar-refractivity contribution in [3.63, 3.8) is 0 Å². The smallest absolute Gasteiger partial charge is 0.256 e. The monoisotopic (exact) mass is 333 g/mol. The number of carbonyl (C=O) groups is 2. The van der Waals surface area contributed by atoms with Gasteiger partial charge in [0.05, 0.1) is 12.1 Å². The lowest BCUT2D eigenvalue weighted by Crippen LogP contribution is -2.35. The van der Waals surface area contributed by atoms with Crippen LogP contribution >= 0.6 is 0 Å². The van der Waals surface area contributed by atoms with Crippen molar-refractivity contribution in [3.05, 3.63) is 59.8 Å². The third-order valence-electron chi connectivity index (χ3n) is 4.86. The van der Waals surface area contributed by atoms with E-state index in [1.54, 1.807) is 0 Å². The second kappa shape index (κ2) is 5.77. The number of imide groups is 1. The maximum Gasteiger partial charge on any atom is 0.256 e. The van der Waals surface area contributed by atoms with Crippen LogP contribution in [0.1, 0.15) is 17.5 Å². The molecule has 2 aromatic carbocycles. The van der Waals surface area contributed by atoms with Gasteiger partial charge in [0, 0.05) is 17.4 Å². The first-order chi connectivity index (χ1) is 12.0. The number of aromatic amines is 1. The number of amides is 2. The van der Waals surface area contributed by atoms with Crippen LogP contribution in [-0.2, 0) is 9.59 Å². The number of rotatable bonds is 3. The molecule has 1 fully saturated rings. The van der Waals surface area contributed by atoms with Crippen LogP contribution in [0.4, 0.5) is 11.4 Å². The van der Waals surface area contributed by atoms with Crippen LogP contribution in [0.25, 0.3) is 10.9 Å². The van der Waals surface area contributed by atoms with Crippen molar-refractivity contribution in [2.45, 2.75) is 26.3 Å². The molecule has 25 heavy (non-hydrogen) atoms. The minimum atomic E-state index is -0.542. The normalized spacial score (nSPS) is 17.5. The molecule has 2 N–H and O–H groups in total. The number of carbonyl (C=O) groups excluding carboxylic acids is 2. The summed E-state index contributed by atoms with van der Waals surface area (Å²) in [4.78, 5) is 29.8. The summed E-state index contributed by atoms with van der Waals surface area (Å²) in [6.07, 6.45) is 2.04. The van der Waals surface area contributed by atoms with Gasteiger partial charge in [-0.3, -0.25) is 9.59 Å². The van der Waals surface area contributed by atoms with Crippen LogP contribution in [-0.4, -0.2) is 22.8 Å². The van der Waals surface area contributed by atoms with Crippen molar-refractivity contribution >= 4 is 34.1 Å². The maximum atomic E-state index is 12.8. The fraction of sp³-hybridized carbons (Fsp3) is 0.200. The Bertz CT molecular complexity index is 990. The largest absolute Gasteiger partial charge is 0.373 e. The van der Waals surface area contributed by atoms with E-state index in [9.17, 15) is 9.59 Å². The molecule has 1 saturated heterocycles. The average Bonchev–Trinajstić information content (AvgIpc) is 3.15. The number of hydrogen-bond donors (Lipinski definition) is 2. The predicted molar refractivity (Wildman–Crippen MR) is 98.7 cm³/mol. The molecular formula is C20H19N3O2. The van der Waals surface area contributed by atoms with Crippen LogP contribution in [0, 0.1) is 13.8 Å². The van der Waals surface area contributed by atoms with Gasteiger partial charge < -0.3 is 10.3 Å². The minimum Gasteiger partial charge on any atom is -0.373 e. The Morgan fingerprint density at radius 2 is 1.96 bits per heavy atom. The molecule has 1 atom stereocenters. The lowest BCUT2D eigenvalue weighted by molar-refractivity contribution is -0.121. The van der Waals surface area contributed by atoms with Gasteiger partial charge >= 0.3 is 0 Å².